The third-order valence-corrected chi connectivity index (χ3v) is 3.98. The van der Waals surface area contributed by atoms with Crippen LogP contribution in [0.3, 0.4) is 0 Å². The van der Waals surface area contributed by atoms with Crippen LogP contribution in [0.15, 0.2) is 42.5 Å². The molecule has 0 saturated carbocycles. The van der Waals surface area contributed by atoms with Gasteiger partial charge in [-0.15, -0.1) is 5.10 Å². The zero-order valence-corrected chi connectivity index (χ0v) is 13.8. The van der Waals surface area contributed by atoms with Gasteiger partial charge in [0.2, 0.25) is 5.95 Å². The average Bonchev–Trinajstić information content (AvgIpc) is 2.89. The van der Waals surface area contributed by atoms with Gasteiger partial charge in [-0.3, -0.25) is 4.79 Å². The average molecular weight is 368 g/mol. The molecular formula is C15H9Cl3N4O. The van der Waals surface area contributed by atoms with Gasteiger partial charge in [-0.2, -0.15) is 9.67 Å². The van der Waals surface area contributed by atoms with E-state index in [9.17, 15) is 4.79 Å². The van der Waals surface area contributed by atoms with Crippen molar-refractivity contribution in [3.05, 3.63) is 63.1 Å². The topological polar surface area (TPSA) is 73.8 Å². The van der Waals surface area contributed by atoms with Crippen LogP contribution in [0.4, 0.5) is 5.95 Å². The van der Waals surface area contributed by atoms with Crippen molar-refractivity contribution in [2.24, 2.45) is 0 Å². The highest BCUT2D eigenvalue weighted by molar-refractivity contribution is 6.36. The molecule has 1 aromatic heterocycles. The van der Waals surface area contributed by atoms with Gasteiger partial charge in [-0.1, -0.05) is 46.9 Å². The van der Waals surface area contributed by atoms with E-state index in [1.807, 2.05) is 0 Å². The minimum absolute atomic E-state index is 0.0593. The molecule has 0 atom stereocenters. The Balaban J connectivity index is 2.04. The van der Waals surface area contributed by atoms with Crippen molar-refractivity contribution in [3.63, 3.8) is 0 Å². The number of hydrogen-bond acceptors (Lipinski definition) is 4. The number of nitrogens with two attached hydrogens (primary N) is 1. The molecule has 8 heteroatoms. The lowest BCUT2D eigenvalue weighted by Gasteiger charge is -2.04. The summed E-state index contributed by atoms with van der Waals surface area (Å²) in [6, 6.07) is 11.5. The van der Waals surface area contributed by atoms with E-state index in [-0.39, 0.29) is 22.4 Å². The third-order valence-electron chi connectivity index (χ3n) is 3.10. The van der Waals surface area contributed by atoms with Crippen LogP contribution in [0, 0.1) is 0 Å². The molecule has 2 aromatic carbocycles. The molecule has 0 fully saturated rings. The van der Waals surface area contributed by atoms with E-state index < -0.39 is 5.91 Å². The molecule has 2 N–H and O–H groups in total. The molecule has 5 nitrogen and oxygen atoms in total. The number of nitrogen functional groups attached to an aromatic ring is 1. The summed E-state index contributed by atoms with van der Waals surface area (Å²) in [6.45, 7) is 0. The van der Waals surface area contributed by atoms with Crippen LogP contribution in [0.25, 0.3) is 11.4 Å². The number of hydrogen-bond donors (Lipinski definition) is 1. The Kier molecular flexibility index (Phi) is 4.26. The third kappa shape index (κ3) is 3.03. The zero-order valence-electron chi connectivity index (χ0n) is 11.5. The van der Waals surface area contributed by atoms with Crippen molar-refractivity contribution in [1.29, 1.82) is 0 Å². The number of carbonyl (C=O) groups is 1. The van der Waals surface area contributed by atoms with Crippen LogP contribution in [-0.4, -0.2) is 20.7 Å². The minimum atomic E-state index is -0.505. The standard InChI is InChI=1S/C15H9Cl3N4O/c16-8-5-6-10(12(18)7-8)14(23)22-15(19)20-13(21-22)9-3-1-2-4-11(9)17/h1-7H,(H2,19,20,21). The van der Waals surface area contributed by atoms with E-state index in [2.05, 4.69) is 10.1 Å². The van der Waals surface area contributed by atoms with E-state index in [0.717, 1.165) is 4.68 Å². The number of carbonyl (C=O) groups excluding carboxylic acids is 1. The predicted octanol–water partition coefficient (Wildman–Crippen LogP) is 4.18. The monoisotopic (exact) mass is 366 g/mol. The number of nitrogens with zero attached hydrogens (tertiary/aromatic N) is 3. The number of benzene rings is 2. The van der Waals surface area contributed by atoms with E-state index in [1.165, 1.54) is 12.1 Å². The summed E-state index contributed by atoms with van der Waals surface area (Å²) in [5, 5.41) is 5.23. The van der Waals surface area contributed by atoms with Crippen LogP contribution in [0.5, 0.6) is 0 Å². The number of rotatable bonds is 2. The number of halogens is 3. The van der Waals surface area contributed by atoms with Crippen molar-refractivity contribution in [2.75, 3.05) is 5.73 Å². The molecule has 3 rings (SSSR count). The van der Waals surface area contributed by atoms with Crippen molar-refractivity contribution in [2.45, 2.75) is 0 Å². The molecule has 116 valence electrons. The molecule has 0 spiro atoms. The Morgan fingerprint density at radius 2 is 1.78 bits per heavy atom. The van der Waals surface area contributed by atoms with Crippen molar-refractivity contribution < 1.29 is 4.79 Å². The Hall–Kier alpha value is -2.08. The molecule has 0 radical (unpaired) electrons. The van der Waals surface area contributed by atoms with Gasteiger partial charge in [0.15, 0.2) is 5.82 Å². The van der Waals surface area contributed by atoms with Crippen molar-refractivity contribution >= 4 is 46.7 Å². The van der Waals surface area contributed by atoms with E-state index in [4.69, 9.17) is 40.5 Å². The highest BCUT2D eigenvalue weighted by atomic mass is 35.5. The van der Waals surface area contributed by atoms with Gasteiger partial charge in [-0.05, 0) is 30.3 Å². The zero-order chi connectivity index (χ0) is 16.6. The number of anilines is 1. The molecule has 1 heterocycles. The van der Waals surface area contributed by atoms with E-state index in [1.54, 1.807) is 30.3 Å². The van der Waals surface area contributed by atoms with Gasteiger partial charge >= 0.3 is 0 Å². The number of aromatic nitrogens is 3. The SMILES string of the molecule is Nc1nc(-c2ccccc2Cl)nn1C(=O)c1ccc(Cl)cc1Cl. The summed E-state index contributed by atoms with van der Waals surface area (Å²) in [7, 11) is 0. The molecular weight excluding hydrogens is 359 g/mol. The molecule has 0 aliphatic heterocycles. The van der Waals surface area contributed by atoms with Gasteiger partial charge in [0.25, 0.3) is 5.91 Å². The summed E-state index contributed by atoms with van der Waals surface area (Å²) in [4.78, 5) is 16.6. The fraction of sp³-hybridized carbons (Fsp3) is 0. The first kappa shape index (κ1) is 15.8. The summed E-state index contributed by atoms with van der Waals surface area (Å²) < 4.78 is 0.980. The largest absolute Gasteiger partial charge is 0.368 e. The summed E-state index contributed by atoms with van der Waals surface area (Å²) in [5.41, 5.74) is 6.60. The first-order chi connectivity index (χ1) is 11.0. The van der Waals surface area contributed by atoms with Crippen molar-refractivity contribution in [1.82, 2.24) is 14.8 Å². The van der Waals surface area contributed by atoms with Crippen LogP contribution in [0.1, 0.15) is 10.4 Å². The van der Waals surface area contributed by atoms with E-state index in [0.29, 0.717) is 15.6 Å². The maximum Gasteiger partial charge on any atom is 0.282 e. The van der Waals surface area contributed by atoms with Gasteiger partial charge in [0, 0.05) is 10.6 Å². The fourth-order valence-electron chi connectivity index (χ4n) is 2.01. The lowest BCUT2D eigenvalue weighted by atomic mass is 10.2. The molecule has 23 heavy (non-hydrogen) atoms. The Labute approximate surface area is 146 Å². The minimum Gasteiger partial charge on any atom is -0.368 e. The Morgan fingerprint density at radius 1 is 1.04 bits per heavy atom. The van der Waals surface area contributed by atoms with Crippen LogP contribution < -0.4 is 5.73 Å². The van der Waals surface area contributed by atoms with Gasteiger partial charge < -0.3 is 5.73 Å². The van der Waals surface area contributed by atoms with Gasteiger partial charge in [0.05, 0.1) is 15.6 Å². The first-order valence-electron chi connectivity index (χ1n) is 6.44. The second-order valence-electron chi connectivity index (χ2n) is 4.61. The van der Waals surface area contributed by atoms with Gasteiger partial charge in [0.1, 0.15) is 0 Å². The lowest BCUT2D eigenvalue weighted by Crippen LogP contribution is -2.16. The van der Waals surface area contributed by atoms with Crippen LogP contribution >= 0.6 is 34.8 Å². The van der Waals surface area contributed by atoms with Crippen LogP contribution in [0.2, 0.25) is 15.1 Å². The van der Waals surface area contributed by atoms with E-state index >= 15 is 0 Å². The molecule has 0 unspecified atom stereocenters. The van der Waals surface area contributed by atoms with Gasteiger partial charge in [-0.25, -0.2) is 0 Å². The Bertz CT molecular complexity index is 907. The lowest BCUT2D eigenvalue weighted by molar-refractivity contribution is 0.0948. The normalized spacial score (nSPS) is 10.7. The molecule has 0 aliphatic rings. The predicted molar refractivity (Wildman–Crippen MR) is 91.1 cm³/mol. The van der Waals surface area contributed by atoms with Crippen molar-refractivity contribution in [3.8, 4) is 11.4 Å². The molecule has 3 aromatic rings. The molecule has 0 amide bonds. The second-order valence-corrected chi connectivity index (χ2v) is 5.87. The molecule has 0 bridgehead atoms. The molecule has 0 saturated heterocycles. The maximum atomic E-state index is 12.5. The fourth-order valence-corrected chi connectivity index (χ4v) is 2.72. The highest BCUT2D eigenvalue weighted by Crippen LogP contribution is 2.27. The van der Waals surface area contributed by atoms with Crippen LogP contribution in [-0.2, 0) is 0 Å². The highest BCUT2D eigenvalue weighted by Gasteiger charge is 2.20. The Morgan fingerprint density at radius 3 is 2.48 bits per heavy atom. The smallest absolute Gasteiger partial charge is 0.282 e. The maximum absolute atomic E-state index is 12.5. The molecule has 0 aliphatic carbocycles. The summed E-state index contributed by atoms with van der Waals surface area (Å²) in [6.07, 6.45) is 0. The quantitative estimate of drug-likeness (QED) is 0.737. The summed E-state index contributed by atoms with van der Waals surface area (Å²) >= 11 is 18.0. The first-order valence-corrected chi connectivity index (χ1v) is 7.58. The summed E-state index contributed by atoms with van der Waals surface area (Å²) in [5.74, 6) is -0.308. The second kappa shape index (κ2) is 6.20.